The Morgan fingerprint density at radius 3 is 0.794 bits per heavy atom. The van der Waals surface area contributed by atoms with Gasteiger partial charge in [-0.15, -0.1) is 0 Å². The minimum absolute atomic E-state index is 0.414. The molecular weight excluding hydrogens is 534 g/mol. The predicted octanol–water partition coefficient (Wildman–Crippen LogP) is 5.27. The molecule has 0 fully saturated rings. The molecule has 0 aliphatic rings. The van der Waals surface area contributed by atoms with Crippen LogP contribution in [-0.2, 0) is 18.5 Å². The van der Waals surface area contributed by atoms with Crippen molar-refractivity contribution >= 4 is 26.7 Å². The van der Waals surface area contributed by atoms with Crippen LogP contribution in [0.2, 0.25) is 0 Å². The molecule has 0 aliphatic heterocycles. The normalized spacial score (nSPS) is 13.4. The molecule has 0 heterocycles. The van der Waals surface area contributed by atoms with Gasteiger partial charge >= 0.3 is 192 Å². The van der Waals surface area contributed by atoms with Crippen molar-refractivity contribution in [2.24, 2.45) is 0 Å². The van der Waals surface area contributed by atoms with Gasteiger partial charge in [0.1, 0.15) is 0 Å². The van der Waals surface area contributed by atoms with E-state index in [0.717, 1.165) is 36.4 Å². The van der Waals surface area contributed by atoms with Crippen LogP contribution in [0.1, 0.15) is 16.7 Å². The summed E-state index contributed by atoms with van der Waals surface area (Å²) in [6, 6.07) is 12.7. The third-order valence-corrected chi connectivity index (χ3v) is 15.7. The molecule has 0 saturated carbocycles. The fraction of sp³-hybridized carbons (Fsp3) is 0.217. The van der Waals surface area contributed by atoms with Crippen LogP contribution in [0, 0.1) is 0 Å². The molecule has 0 bridgehead atoms. The van der Waals surface area contributed by atoms with E-state index >= 15 is 0 Å². The average molecular weight is 552 g/mol. The molecule has 0 unspecified atom stereocenters. The summed E-state index contributed by atoms with van der Waals surface area (Å²) in [6.45, 7) is 0. The first-order valence-corrected chi connectivity index (χ1v) is 13.9. The Morgan fingerprint density at radius 1 is 0.441 bits per heavy atom. The van der Waals surface area contributed by atoms with Gasteiger partial charge in [0.05, 0.1) is 0 Å². The number of hydrogen-bond donors (Lipinski definition) is 0. The Morgan fingerprint density at radius 2 is 0.647 bits per heavy atom. The average Bonchev–Trinajstić information content (AvgIpc) is 2.73. The monoisotopic (exact) mass is 553 g/mol. The van der Waals surface area contributed by atoms with Crippen molar-refractivity contribution in [1.82, 2.24) is 3.86 Å². The zero-order valence-electron chi connectivity index (χ0n) is 17.8. The zero-order chi connectivity index (χ0) is 25.5. The first kappa shape index (κ1) is 26.1. The molecule has 0 atom stereocenters. The Bertz CT molecular complexity index is 973. The van der Waals surface area contributed by atoms with Crippen LogP contribution >= 0.6 is 0 Å². The molecule has 0 saturated heterocycles. The van der Waals surface area contributed by atoms with Crippen LogP contribution in [0.4, 0.5) is 39.5 Å². The van der Waals surface area contributed by atoms with Gasteiger partial charge in [-0.1, -0.05) is 0 Å². The van der Waals surface area contributed by atoms with Crippen molar-refractivity contribution in [3.8, 4) is 0 Å². The third-order valence-electron chi connectivity index (χ3n) is 5.56. The van der Waals surface area contributed by atoms with E-state index < -0.39 is 48.7 Å². The molecule has 0 aromatic heterocycles. The van der Waals surface area contributed by atoms with Gasteiger partial charge in [-0.2, -0.15) is 0 Å². The van der Waals surface area contributed by atoms with Crippen LogP contribution in [-0.4, -0.2) is 31.4 Å². The van der Waals surface area contributed by atoms with Crippen molar-refractivity contribution < 1.29 is 39.5 Å². The Hall–Kier alpha value is -2.47. The van der Waals surface area contributed by atoms with Gasteiger partial charge in [0.2, 0.25) is 0 Å². The van der Waals surface area contributed by atoms with Gasteiger partial charge in [-0.05, 0) is 0 Å². The summed E-state index contributed by atoms with van der Waals surface area (Å²) in [5, 5.41) is 0. The van der Waals surface area contributed by atoms with E-state index in [-0.39, 0.29) is 0 Å². The molecule has 3 rings (SSSR count). The molecule has 11 heteroatoms. The SMILES string of the molecule is C[N](C)[Ge]([c]1ccc(C(F)(F)F)cc1)([c]1ccc(C(F)(F)F)cc1)[c]1ccc(C(F)(F)F)cc1. The van der Waals surface area contributed by atoms with Crippen LogP contribution in [0.3, 0.4) is 0 Å². The van der Waals surface area contributed by atoms with Crippen molar-refractivity contribution in [3.63, 3.8) is 0 Å². The number of alkyl halides is 9. The van der Waals surface area contributed by atoms with E-state index in [0.29, 0.717) is 13.2 Å². The van der Waals surface area contributed by atoms with Gasteiger partial charge in [0, 0.05) is 0 Å². The van der Waals surface area contributed by atoms with Crippen LogP contribution in [0.15, 0.2) is 72.8 Å². The molecule has 34 heavy (non-hydrogen) atoms. The number of nitrogens with zero attached hydrogens (tertiary/aromatic N) is 1. The van der Waals surface area contributed by atoms with E-state index in [4.69, 9.17) is 0 Å². The van der Waals surface area contributed by atoms with Gasteiger partial charge in [0.15, 0.2) is 0 Å². The first-order chi connectivity index (χ1) is 15.6. The van der Waals surface area contributed by atoms with Gasteiger partial charge in [-0.3, -0.25) is 0 Å². The molecule has 0 N–H and O–H groups in total. The Labute approximate surface area is 192 Å². The third kappa shape index (κ3) is 4.97. The van der Waals surface area contributed by atoms with Gasteiger partial charge < -0.3 is 0 Å². The zero-order valence-corrected chi connectivity index (χ0v) is 19.9. The summed E-state index contributed by atoms with van der Waals surface area (Å²) in [5.74, 6) is 0. The molecule has 0 radical (unpaired) electrons. The molecule has 3 aromatic carbocycles. The maximum absolute atomic E-state index is 13.1. The van der Waals surface area contributed by atoms with Crippen molar-refractivity contribution in [3.05, 3.63) is 89.5 Å². The van der Waals surface area contributed by atoms with Crippen LogP contribution < -0.4 is 13.2 Å². The van der Waals surface area contributed by atoms with Crippen molar-refractivity contribution in [2.75, 3.05) is 14.1 Å². The predicted molar refractivity (Wildman–Crippen MR) is 113 cm³/mol. The van der Waals surface area contributed by atoms with Crippen LogP contribution in [0.5, 0.6) is 0 Å². The Balaban J connectivity index is 2.29. The second-order valence-electron chi connectivity index (χ2n) is 7.83. The van der Waals surface area contributed by atoms with Gasteiger partial charge in [-0.25, -0.2) is 0 Å². The Kier molecular flexibility index (Phi) is 6.89. The molecule has 1 nitrogen and oxygen atoms in total. The maximum atomic E-state index is 13.1. The fourth-order valence-electron chi connectivity index (χ4n) is 3.98. The van der Waals surface area contributed by atoms with E-state index in [1.807, 2.05) is 0 Å². The van der Waals surface area contributed by atoms with E-state index in [1.54, 1.807) is 18.0 Å². The molecule has 0 spiro atoms. The van der Waals surface area contributed by atoms with Crippen molar-refractivity contribution in [1.29, 1.82) is 0 Å². The molecular formula is C23H18F9GeN. The summed E-state index contributed by atoms with van der Waals surface area (Å²) >= 11 is -4.23. The van der Waals surface area contributed by atoms with E-state index in [1.165, 1.54) is 36.4 Å². The second kappa shape index (κ2) is 8.95. The molecule has 3 aromatic rings. The summed E-state index contributed by atoms with van der Waals surface area (Å²) in [5.41, 5.74) is -2.73. The van der Waals surface area contributed by atoms with Crippen molar-refractivity contribution in [2.45, 2.75) is 18.5 Å². The summed E-state index contributed by atoms with van der Waals surface area (Å²) in [6.07, 6.45) is -13.8. The van der Waals surface area contributed by atoms with E-state index in [9.17, 15) is 39.5 Å². The molecule has 182 valence electrons. The summed E-state index contributed by atoms with van der Waals surface area (Å²) in [7, 11) is 3.24. The fourth-order valence-corrected chi connectivity index (χ4v) is 13.4. The quantitative estimate of drug-likeness (QED) is 0.315. The molecule has 0 amide bonds. The van der Waals surface area contributed by atoms with Gasteiger partial charge in [0.25, 0.3) is 0 Å². The standard InChI is InChI=1S/C23H18F9GeN/c1-34(2)33(18-9-3-15(4-10-18)21(24,25)26,19-11-5-16(6-12-19)22(27,28)29)20-13-7-17(8-14-20)23(30,31)32/h3-14H,1-2H3. The topological polar surface area (TPSA) is 3.24 Å². The molecule has 0 aliphatic carbocycles. The van der Waals surface area contributed by atoms with Crippen LogP contribution in [0.25, 0.3) is 0 Å². The number of benzene rings is 3. The summed E-state index contributed by atoms with van der Waals surface area (Å²) in [4.78, 5) is 0. The first-order valence-electron chi connectivity index (χ1n) is 9.78. The summed E-state index contributed by atoms with van der Waals surface area (Å²) < 4.78 is 121. The van der Waals surface area contributed by atoms with E-state index in [2.05, 4.69) is 0 Å². The second-order valence-corrected chi connectivity index (χ2v) is 16.3. The number of hydrogen-bond acceptors (Lipinski definition) is 1. The minimum atomic E-state index is -4.60. The number of rotatable bonds is 4. The number of halogens is 9.